The molecule has 19 heavy (non-hydrogen) atoms. The van der Waals surface area contributed by atoms with Crippen LogP contribution in [-0.2, 0) is 4.79 Å². The molecule has 7 nitrogen and oxygen atoms in total. The Kier molecular flexibility index (Phi) is 5.35. The molecule has 1 aromatic heterocycles. The Morgan fingerprint density at radius 1 is 1.37 bits per heavy atom. The summed E-state index contributed by atoms with van der Waals surface area (Å²) in [6.07, 6.45) is 0.774. The van der Waals surface area contributed by atoms with Gasteiger partial charge in [0.1, 0.15) is 6.54 Å². The Labute approximate surface area is 112 Å². The number of aromatic nitrogens is 2. The molecule has 0 aliphatic rings. The minimum Gasteiger partial charge on any atom is -0.481 e. The second-order valence-corrected chi connectivity index (χ2v) is 4.03. The lowest BCUT2D eigenvalue weighted by molar-refractivity contribution is -0.135. The molecule has 1 heterocycles. The van der Waals surface area contributed by atoms with Crippen LogP contribution in [0, 0.1) is 0 Å². The third-order valence-corrected chi connectivity index (χ3v) is 2.77. The van der Waals surface area contributed by atoms with Crippen molar-refractivity contribution in [3.63, 3.8) is 0 Å². The van der Waals surface area contributed by atoms with Crippen LogP contribution in [0.15, 0.2) is 6.07 Å². The van der Waals surface area contributed by atoms with Crippen LogP contribution < -0.4 is 14.4 Å². The first kappa shape index (κ1) is 15.0. The number of hydrogen-bond donors (Lipinski definition) is 1. The maximum absolute atomic E-state index is 11.0. The largest absolute Gasteiger partial charge is 0.481 e. The van der Waals surface area contributed by atoms with E-state index in [0.29, 0.717) is 11.8 Å². The molecule has 0 amide bonds. The quantitative estimate of drug-likeness (QED) is 0.795. The number of carboxylic acids is 1. The summed E-state index contributed by atoms with van der Waals surface area (Å²) in [6, 6.07) is 1.53. The molecule has 0 saturated heterocycles. The van der Waals surface area contributed by atoms with Gasteiger partial charge in [-0.2, -0.15) is 9.97 Å². The van der Waals surface area contributed by atoms with Crippen molar-refractivity contribution in [3.8, 4) is 11.8 Å². The molecular weight excluding hydrogens is 250 g/mol. The van der Waals surface area contributed by atoms with Crippen molar-refractivity contribution in [3.05, 3.63) is 6.07 Å². The van der Waals surface area contributed by atoms with E-state index in [0.717, 1.165) is 6.42 Å². The van der Waals surface area contributed by atoms with Crippen LogP contribution in [0.5, 0.6) is 11.8 Å². The standard InChI is InChI=1S/C12H19N3O4/c1-5-8(2)15(7-11(16)17)12-13-9(18-3)6-10(14-12)19-4/h6,8H,5,7H2,1-4H3,(H,16,17). The molecule has 0 saturated carbocycles. The molecule has 0 fully saturated rings. The van der Waals surface area contributed by atoms with Crippen LogP contribution in [0.25, 0.3) is 0 Å². The number of hydrogen-bond acceptors (Lipinski definition) is 6. The third kappa shape index (κ3) is 3.97. The first-order valence-electron chi connectivity index (χ1n) is 5.97. The van der Waals surface area contributed by atoms with Crippen LogP contribution in [0.2, 0.25) is 0 Å². The van der Waals surface area contributed by atoms with Gasteiger partial charge >= 0.3 is 5.97 Å². The van der Waals surface area contributed by atoms with Gasteiger partial charge in [-0.3, -0.25) is 4.79 Å². The van der Waals surface area contributed by atoms with Crippen molar-refractivity contribution in [2.45, 2.75) is 26.3 Å². The van der Waals surface area contributed by atoms with Gasteiger partial charge in [0.25, 0.3) is 0 Å². The molecule has 7 heteroatoms. The Morgan fingerprint density at radius 3 is 2.26 bits per heavy atom. The second-order valence-electron chi connectivity index (χ2n) is 4.03. The van der Waals surface area contributed by atoms with Crippen LogP contribution in [-0.4, -0.2) is 47.8 Å². The van der Waals surface area contributed by atoms with Crippen molar-refractivity contribution in [2.24, 2.45) is 0 Å². The average Bonchev–Trinajstić information content (AvgIpc) is 2.42. The molecule has 0 radical (unpaired) electrons. The van der Waals surface area contributed by atoms with Gasteiger partial charge in [-0.25, -0.2) is 0 Å². The number of methoxy groups -OCH3 is 2. The fourth-order valence-corrected chi connectivity index (χ4v) is 1.52. The average molecular weight is 269 g/mol. The van der Waals surface area contributed by atoms with E-state index in [2.05, 4.69) is 9.97 Å². The van der Waals surface area contributed by atoms with Crippen molar-refractivity contribution < 1.29 is 19.4 Å². The van der Waals surface area contributed by atoms with Crippen LogP contribution in [0.3, 0.4) is 0 Å². The van der Waals surface area contributed by atoms with Crippen LogP contribution in [0.4, 0.5) is 5.95 Å². The molecule has 106 valence electrons. The first-order valence-corrected chi connectivity index (χ1v) is 5.97. The summed E-state index contributed by atoms with van der Waals surface area (Å²) < 4.78 is 10.1. The molecule has 1 atom stereocenters. The van der Waals surface area contributed by atoms with E-state index in [-0.39, 0.29) is 18.5 Å². The van der Waals surface area contributed by atoms with Gasteiger partial charge in [0, 0.05) is 6.04 Å². The smallest absolute Gasteiger partial charge is 0.323 e. The van der Waals surface area contributed by atoms with Gasteiger partial charge in [0.05, 0.1) is 20.3 Å². The fraction of sp³-hybridized carbons (Fsp3) is 0.583. The summed E-state index contributed by atoms with van der Waals surface area (Å²) in [7, 11) is 2.96. The molecule has 0 aliphatic carbocycles. The number of aliphatic carboxylic acids is 1. The van der Waals surface area contributed by atoms with Crippen molar-refractivity contribution in [1.82, 2.24) is 9.97 Å². The zero-order chi connectivity index (χ0) is 14.4. The second kappa shape index (κ2) is 6.77. The van der Waals surface area contributed by atoms with Gasteiger partial charge in [-0.15, -0.1) is 0 Å². The Morgan fingerprint density at radius 2 is 1.89 bits per heavy atom. The van der Waals surface area contributed by atoms with Crippen molar-refractivity contribution >= 4 is 11.9 Å². The van der Waals surface area contributed by atoms with E-state index < -0.39 is 5.97 Å². The van der Waals surface area contributed by atoms with Gasteiger partial charge in [-0.1, -0.05) is 6.92 Å². The van der Waals surface area contributed by atoms with E-state index in [1.165, 1.54) is 14.2 Å². The van der Waals surface area contributed by atoms with Crippen molar-refractivity contribution in [1.29, 1.82) is 0 Å². The zero-order valence-corrected chi connectivity index (χ0v) is 11.6. The number of ether oxygens (including phenoxy) is 2. The number of carbonyl (C=O) groups is 1. The molecule has 1 N–H and O–H groups in total. The minimum absolute atomic E-state index is 0.00656. The van der Waals surface area contributed by atoms with Gasteiger partial charge in [0.15, 0.2) is 0 Å². The molecular formula is C12H19N3O4. The summed E-state index contributed by atoms with van der Waals surface area (Å²) >= 11 is 0. The molecule has 0 spiro atoms. The molecule has 1 unspecified atom stereocenters. The normalized spacial score (nSPS) is 11.8. The predicted octanol–water partition coefficient (Wildman–Crippen LogP) is 1.18. The monoisotopic (exact) mass is 269 g/mol. The molecule has 0 aliphatic heterocycles. The molecule has 0 aromatic carbocycles. The highest BCUT2D eigenvalue weighted by atomic mass is 16.5. The lowest BCUT2D eigenvalue weighted by Crippen LogP contribution is -2.38. The van der Waals surface area contributed by atoms with E-state index in [1.54, 1.807) is 11.0 Å². The lowest BCUT2D eigenvalue weighted by Gasteiger charge is -2.27. The number of carboxylic acid groups (broad SMARTS) is 1. The van der Waals surface area contributed by atoms with Gasteiger partial charge in [0.2, 0.25) is 17.7 Å². The van der Waals surface area contributed by atoms with E-state index in [1.807, 2.05) is 13.8 Å². The van der Waals surface area contributed by atoms with Crippen LogP contribution in [0.1, 0.15) is 20.3 Å². The summed E-state index contributed by atoms with van der Waals surface area (Å²) in [6.45, 7) is 3.71. The lowest BCUT2D eigenvalue weighted by atomic mass is 10.2. The number of nitrogens with zero attached hydrogens (tertiary/aromatic N) is 3. The molecule has 0 bridgehead atoms. The van der Waals surface area contributed by atoms with Crippen LogP contribution >= 0.6 is 0 Å². The van der Waals surface area contributed by atoms with E-state index in [4.69, 9.17) is 14.6 Å². The Bertz CT molecular complexity index is 417. The zero-order valence-electron chi connectivity index (χ0n) is 11.6. The van der Waals surface area contributed by atoms with Gasteiger partial charge in [-0.05, 0) is 13.3 Å². The summed E-state index contributed by atoms with van der Waals surface area (Å²) in [5.41, 5.74) is 0. The highest BCUT2D eigenvalue weighted by Gasteiger charge is 2.20. The summed E-state index contributed by atoms with van der Waals surface area (Å²) in [5.74, 6) is 0.0136. The predicted molar refractivity (Wildman–Crippen MR) is 69.9 cm³/mol. The fourth-order valence-electron chi connectivity index (χ4n) is 1.52. The summed E-state index contributed by atoms with van der Waals surface area (Å²) in [5, 5.41) is 8.98. The molecule has 1 rings (SSSR count). The maximum atomic E-state index is 11.0. The summed E-state index contributed by atoms with van der Waals surface area (Å²) in [4.78, 5) is 20.9. The van der Waals surface area contributed by atoms with E-state index in [9.17, 15) is 4.79 Å². The highest BCUT2D eigenvalue weighted by molar-refractivity contribution is 5.73. The Hall–Kier alpha value is -2.05. The molecule has 1 aromatic rings. The minimum atomic E-state index is -0.939. The topological polar surface area (TPSA) is 84.8 Å². The highest BCUT2D eigenvalue weighted by Crippen LogP contribution is 2.22. The maximum Gasteiger partial charge on any atom is 0.323 e. The number of rotatable bonds is 7. The SMILES string of the molecule is CCC(C)N(CC(=O)O)c1nc(OC)cc(OC)n1. The van der Waals surface area contributed by atoms with E-state index >= 15 is 0 Å². The van der Waals surface area contributed by atoms with Crippen molar-refractivity contribution in [2.75, 3.05) is 25.7 Å². The first-order chi connectivity index (χ1) is 9.01. The Balaban J connectivity index is 3.16. The van der Waals surface area contributed by atoms with Gasteiger partial charge < -0.3 is 19.5 Å². The number of anilines is 1. The third-order valence-electron chi connectivity index (χ3n) is 2.77.